The normalized spacial score (nSPS) is 12.5. The molecule has 2 unspecified atom stereocenters. The first-order chi connectivity index (χ1) is 15.8. The van der Waals surface area contributed by atoms with Crippen LogP contribution in [0.2, 0.25) is 5.02 Å². The van der Waals surface area contributed by atoms with E-state index in [1.807, 2.05) is 26.0 Å². The third-order valence-corrected chi connectivity index (χ3v) is 6.28. The zero-order valence-electron chi connectivity index (χ0n) is 18.7. The highest BCUT2D eigenvalue weighted by Gasteiger charge is 2.27. The van der Waals surface area contributed by atoms with Crippen LogP contribution in [0.4, 0.5) is 5.13 Å². The van der Waals surface area contributed by atoms with Crippen LogP contribution in [0.25, 0.3) is 10.6 Å². The molecule has 2 aromatic carbocycles. The molecule has 10 heteroatoms. The summed E-state index contributed by atoms with van der Waals surface area (Å²) >= 11 is 7.17. The number of amides is 2. The molecule has 0 aliphatic heterocycles. The van der Waals surface area contributed by atoms with Gasteiger partial charge in [0.1, 0.15) is 22.5 Å². The molecule has 2 amide bonds. The average molecular weight is 489 g/mol. The van der Waals surface area contributed by atoms with Gasteiger partial charge in [0.05, 0.1) is 14.2 Å². The molecule has 0 bridgehead atoms. The third kappa shape index (κ3) is 6.21. The second-order valence-electron chi connectivity index (χ2n) is 7.35. The van der Waals surface area contributed by atoms with Crippen LogP contribution in [-0.2, 0) is 4.79 Å². The van der Waals surface area contributed by atoms with Gasteiger partial charge in [-0.05, 0) is 30.2 Å². The molecule has 0 aliphatic carbocycles. The van der Waals surface area contributed by atoms with Gasteiger partial charge in [-0.1, -0.05) is 55.3 Å². The van der Waals surface area contributed by atoms with Crippen molar-refractivity contribution in [1.82, 2.24) is 15.5 Å². The minimum absolute atomic E-state index is 0.120. The number of benzene rings is 2. The van der Waals surface area contributed by atoms with E-state index in [0.29, 0.717) is 38.6 Å². The predicted octanol–water partition coefficient (Wildman–Crippen LogP) is 4.66. The zero-order valence-corrected chi connectivity index (χ0v) is 20.3. The van der Waals surface area contributed by atoms with Crippen LogP contribution in [-0.4, -0.2) is 42.3 Å². The smallest absolute Gasteiger partial charge is 0.252 e. The molecule has 174 valence electrons. The summed E-state index contributed by atoms with van der Waals surface area (Å²) in [7, 11) is 3.01. The fourth-order valence-corrected chi connectivity index (χ4v) is 3.91. The molecule has 2 N–H and O–H groups in total. The molecule has 1 heterocycles. The van der Waals surface area contributed by atoms with E-state index in [1.54, 1.807) is 30.3 Å². The van der Waals surface area contributed by atoms with Crippen LogP contribution < -0.4 is 20.1 Å². The van der Waals surface area contributed by atoms with Crippen molar-refractivity contribution in [2.24, 2.45) is 5.92 Å². The van der Waals surface area contributed by atoms with Gasteiger partial charge in [-0.2, -0.15) is 0 Å². The van der Waals surface area contributed by atoms with Gasteiger partial charge < -0.3 is 14.8 Å². The van der Waals surface area contributed by atoms with Crippen LogP contribution in [0, 0.1) is 5.92 Å². The van der Waals surface area contributed by atoms with E-state index in [4.69, 9.17) is 21.1 Å². The van der Waals surface area contributed by atoms with Crippen LogP contribution >= 0.6 is 22.9 Å². The molecule has 0 radical (unpaired) electrons. The Bertz CT molecular complexity index is 1100. The number of rotatable bonds is 9. The number of halogens is 1. The second-order valence-corrected chi connectivity index (χ2v) is 8.76. The van der Waals surface area contributed by atoms with Gasteiger partial charge in [0.2, 0.25) is 11.0 Å². The van der Waals surface area contributed by atoms with Gasteiger partial charge in [-0.15, -0.1) is 10.2 Å². The fourth-order valence-electron chi connectivity index (χ4n) is 3.03. The van der Waals surface area contributed by atoms with Gasteiger partial charge in [-0.25, -0.2) is 0 Å². The maximum Gasteiger partial charge on any atom is 0.252 e. The minimum atomic E-state index is -0.775. The number of carbonyl (C=O) groups is 2. The first kappa shape index (κ1) is 24.5. The summed E-state index contributed by atoms with van der Waals surface area (Å²) in [5.74, 6) is 0.0588. The molecule has 0 aliphatic rings. The summed E-state index contributed by atoms with van der Waals surface area (Å²) in [6.45, 7) is 3.85. The Kier molecular flexibility index (Phi) is 8.24. The van der Waals surface area contributed by atoms with Crippen LogP contribution in [0.15, 0.2) is 42.5 Å². The van der Waals surface area contributed by atoms with Crippen molar-refractivity contribution in [1.29, 1.82) is 0 Å². The van der Waals surface area contributed by atoms with E-state index in [-0.39, 0.29) is 11.8 Å². The third-order valence-electron chi connectivity index (χ3n) is 5.14. The lowest BCUT2D eigenvalue weighted by Crippen LogP contribution is -2.47. The summed E-state index contributed by atoms with van der Waals surface area (Å²) in [4.78, 5) is 26.0. The number of carbonyl (C=O) groups excluding carboxylic acids is 2. The largest absolute Gasteiger partial charge is 0.497 e. The predicted molar refractivity (Wildman–Crippen MR) is 129 cm³/mol. The van der Waals surface area contributed by atoms with Crippen molar-refractivity contribution in [3.63, 3.8) is 0 Å². The molecule has 3 rings (SSSR count). The summed E-state index contributed by atoms with van der Waals surface area (Å²) < 4.78 is 10.5. The first-order valence-corrected chi connectivity index (χ1v) is 11.5. The van der Waals surface area contributed by atoms with E-state index in [1.165, 1.54) is 25.6 Å². The fraction of sp³-hybridized carbons (Fsp3) is 0.304. The quantitative estimate of drug-likeness (QED) is 0.454. The standard InChI is InChI=1S/C23H25ClN4O4S/c1-5-13(2)19(25-20(29)15-10-17(31-3)12-18(11-15)32-4)21(30)26-23-28-27-22(33-23)14-6-8-16(24)9-7-14/h6-13,19H,5H2,1-4H3,(H,25,29)(H,26,28,30). The molecule has 8 nitrogen and oxygen atoms in total. The van der Waals surface area contributed by atoms with Crippen molar-refractivity contribution in [2.45, 2.75) is 26.3 Å². The molecular weight excluding hydrogens is 464 g/mol. The topological polar surface area (TPSA) is 102 Å². The Hall–Kier alpha value is -3.17. The van der Waals surface area contributed by atoms with E-state index in [2.05, 4.69) is 20.8 Å². The van der Waals surface area contributed by atoms with Gasteiger partial charge >= 0.3 is 0 Å². The number of aromatic nitrogens is 2. The van der Waals surface area contributed by atoms with Crippen LogP contribution in [0.5, 0.6) is 11.5 Å². The van der Waals surface area contributed by atoms with Crippen molar-refractivity contribution >= 4 is 39.9 Å². The van der Waals surface area contributed by atoms with Gasteiger partial charge in [0.15, 0.2) is 0 Å². The Labute approximate surface area is 201 Å². The van der Waals surface area contributed by atoms with E-state index >= 15 is 0 Å². The van der Waals surface area contributed by atoms with Crippen molar-refractivity contribution in [3.05, 3.63) is 53.1 Å². The maximum absolute atomic E-state index is 13.1. The van der Waals surface area contributed by atoms with E-state index < -0.39 is 11.9 Å². The highest BCUT2D eigenvalue weighted by atomic mass is 35.5. The average Bonchev–Trinajstić information content (AvgIpc) is 3.30. The molecule has 0 fully saturated rings. The van der Waals surface area contributed by atoms with Crippen molar-refractivity contribution < 1.29 is 19.1 Å². The summed E-state index contributed by atoms with van der Waals surface area (Å²) in [6, 6.07) is 11.3. The lowest BCUT2D eigenvalue weighted by atomic mass is 9.98. The van der Waals surface area contributed by atoms with Gasteiger partial charge in [-0.3, -0.25) is 14.9 Å². The number of anilines is 1. The molecule has 2 atom stereocenters. The van der Waals surface area contributed by atoms with E-state index in [9.17, 15) is 9.59 Å². The number of hydrogen-bond donors (Lipinski definition) is 2. The Morgan fingerprint density at radius 3 is 2.27 bits per heavy atom. The monoisotopic (exact) mass is 488 g/mol. The molecule has 1 aromatic heterocycles. The summed E-state index contributed by atoms with van der Waals surface area (Å²) in [5.41, 5.74) is 1.17. The highest BCUT2D eigenvalue weighted by molar-refractivity contribution is 7.18. The van der Waals surface area contributed by atoms with E-state index in [0.717, 1.165) is 5.56 Å². The van der Waals surface area contributed by atoms with Crippen molar-refractivity contribution in [2.75, 3.05) is 19.5 Å². The Balaban J connectivity index is 1.76. The molecule has 0 saturated heterocycles. The summed E-state index contributed by atoms with van der Waals surface area (Å²) in [6.07, 6.45) is 0.686. The van der Waals surface area contributed by atoms with Gasteiger partial charge in [0.25, 0.3) is 5.91 Å². The SMILES string of the molecule is CCC(C)C(NC(=O)c1cc(OC)cc(OC)c1)C(=O)Nc1nnc(-c2ccc(Cl)cc2)s1. The molecule has 3 aromatic rings. The first-order valence-electron chi connectivity index (χ1n) is 10.3. The Morgan fingerprint density at radius 2 is 1.70 bits per heavy atom. The zero-order chi connectivity index (χ0) is 24.0. The minimum Gasteiger partial charge on any atom is -0.497 e. The lowest BCUT2D eigenvalue weighted by Gasteiger charge is -2.23. The summed E-state index contributed by atoms with van der Waals surface area (Å²) in [5, 5.41) is 15.4. The highest BCUT2D eigenvalue weighted by Crippen LogP contribution is 2.28. The maximum atomic E-state index is 13.1. The number of ether oxygens (including phenoxy) is 2. The Morgan fingerprint density at radius 1 is 1.06 bits per heavy atom. The number of hydrogen-bond acceptors (Lipinski definition) is 7. The lowest BCUT2D eigenvalue weighted by molar-refractivity contribution is -0.119. The molecule has 0 spiro atoms. The number of nitrogens with one attached hydrogen (secondary N) is 2. The number of nitrogens with zero attached hydrogens (tertiary/aromatic N) is 2. The molecule has 33 heavy (non-hydrogen) atoms. The molecular formula is C23H25ClN4O4S. The van der Waals surface area contributed by atoms with Crippen LogP contribution in [0.1, 0.15) is 30.6 Å². The number of methoxy groups -OCH3 is 2. The van der Waals surface area contributed by atoms with Gasteiger partial charge in [0, 0.05) is 22.2 Å². The molecule has 0 saturated carbocycles. The van der Waals surface area contributed by atoms with Crippen LogP contribution in [0.3, 0.4) is 0 Å². The second kappa shape index (κ2) is 11.1. The van der Waals surface area contributed by atoms with Crippen molar-refractivity contribution in [3.8, 4) is 22.1 Å².